The summed E-state index contributed by atoms with van der Waals surface area (Å²) >= 11 is 0. The van der Waals surface area contributed by atoms with Gasteiger partial charge in [0.05, 0.1) is 12.7 Å². The van der Waals surface area contributed by atoms with Gasteiger partial charge in [-0.15, -0.1) is 5.10 Å². The molecule has 5 heteroatoms. The topological polar surface area (TPSA) is 59.8 Å². The number of hydrogen-bond acceptors (Lipinski definition) is 3. The molecule has 2 aliphatic carbocycles. The van der Waals surface area contributed by atoms with Crippen LogP contribution < -0.4 is 5.32 Å². The molecule has 2 fully saturated rings. The summed E-state index contributed by atoms with van der Waals surface area (Å²) in [7, 11) is 0. The minimum Gasteiger partial charge on any atom is -0.354 e. The number of amides is 1. The van der Waals surface area contributed by atoms with E-state index in [0.29, 0.717) is 13.1 Å². The van der Waals surface area contributed by atoms with Crippen LogP contribution in [0, 0.1) is 17.8 Å². The summed E-state index contributed by atoms with van der Waals surface area (Å²) in [5.41, 5.74) is 0. The smallest absolute Gasteiger partial charge is 0.223 e. The van der Waals surface area contributed by atoms with Gasteiger partial charge in [-0.05, 0) is 31.1 Å². The van der Waals surface area contributed by atoms with Crippen LogP contribution in [0.1, 0.15) is 19.3 Å². The molecule has 0 aromatic carbocycles. The summed E-state index contributed by atoms with van der Waals surface area (Å²) in [6.45, 7) is 1.35. The zero-order valence-electron chi connectivity index (χ0n) is 9.17. The van der Waals surface area contributed by atoms with E-state index >= 15 is 0 Å². The lowest BCUT2D eigenvalue weighted by Gasteiger charge is -2.11. The first-order valence-electron chi connectivity index (χ1n) is 5.95. The van der Waals surface area contributed by atoms with E-state index in [4.69, 9.17) is 0 Å². The van der Waals surface area contributed by atoms with Gasteiger partial charge in [0.1, 0.15) is 0 Å². The second-order valence-corrected chi connectivity index (χ2v) is 4.88. The summed E-state index contributed by atoms with van der Waals surface area (Å²) in [5, 5.41) is 10.5. The van der Waals surface area contributed by atoms with Crippen LogP contribution in [0.5, 0.6) is 0 Å². The molecule has 1 amide bonds. The number of carbonyl (C=O) groups is 1. The fourth-order valence-corrected chi connectivity index (χ4v) is 2.72. The van der Waals surface area contributed by atoms with Crippen molar-refractivity contribution in [2.24, 2.45) is 17.8 Å². The number of rotatable bonds is 4. The second kappa shape index (κ2) is 3.88. The number of nitrogens with one attached hydrogen (secondary N) is 1. The van der Waals surface area contributed by atoms with Crippen molar-refractivity contribution in [3.63, 3.8) is 0 Å². The van der Waals surface area contributed by atoms with Crippen molar-refractivity contribution < 1.29 is 4.79 Å². The first-order valence-corrected chi connectivity index (χ1v) is 5.95. The summed E-state index contributed by atoms with van der Waals surface area (Å²) in [4.78, 5) is 11.8. The minimum atomic E-state index is 0.229. The summed E-state index contributed by atoms with van der Waals surface area (Å²) < 4.78 is 1.73. The molecule has 0 spiro atoms. The van der Waals surface area contributed by atoms with E-state index in [-0.39, 0.29) is 11.8 Å². The molecule has 5 nitrogen and oxygen atoms in total. The van der Waals surface area contributed by atoms with E-state index in [1.54, 1.807) is 17.1 Å². The Morgan fingerprint density at radius 1 is 1.38 bits per heavy atom. The Morgan fingerprint density at radius 3 is 2.88 bits per heavy atom. The number of aromatic nitrogens is 3. The maximum Gasteiger partial charge on any atom is 0.223 e. The average molecular weight is 220 g/mol. The van der Waals surface area contributed by atoms with Crippen LogP contribution in [0.4, 0.5) is 0 Å². The van der Waals surface area contributed by atoms with Crippen molar-refractivity contribution in [3.05, 3.63) is 12.4 Å². The monoisotopic (exact) mass is 220 g/mol. The SMILES string of the molecule is O=C(NCCn1ccnn1)C1CC2CC2C1. The molecule has 1 heterocycles. The zero-order chi connectivity index (χ0) is 11.0. The molecule has 2 saturated carbocycles. The summed E-state index contributed by atoms with van der Waals surface area (Å²) in [6, 6.07) is 0. The van der Waals surface area contributed by atoms with Crippen LogP contribution in [0.3, 0.4) is 0 Å². The lowest BCUT2D eigenvalue weighted by molar-refractivity contribution is -0.125. The Kier molecular flexibility index (Phi) is 2.38. The van der Waals surface area contributed by atoms with Crippen molar-refractivity contribution in [2.45, 2.75) is 25.8 Å². The maximum atomic E-state index is 11.8. The fourth-order valence-electron chi connectivity index (χ4n) is 2.72. The van der Waals surface area contributed by atoms with Gasteiger partial charge in [-0.1, -0.05) is 5.21 Å². The quantitative estimate of drug-likeness (QED) is 0.801. The van der Waals surface area contributed by atoms with Crippen molar-refractivity contribution in [1.82, 2.24) is 20.3 Å². The molecule has 1 aromatic heterocycles. The van der Waals surface area contributed by atoms with Crippen LogP contribution >= 0.6 is 0 Å². The molecule has 86 valence electrons. The van der Waals surface area contributed by atoms with Gasteiger partial charge in [-0.2, -0.15) is 0 Å². The van der Waals surface area contributed by atoms with Crippen LogP contribution in [0.25, 0.3) is 0 Å². The number of hydrogen-bond donors (Lipinski definition) is 1. The molecule has 0 aliphatic heterocycles. The highest BCUT2D eigenvalue weighted by molar-refractivity contribution is 5.79. The largest absolute Gasteiger partial charge is 0.354 e. The maximum absolute atomic E-state index is 11.8. The van der Waals surface area contributed by atoms with Gasteiger partial charge in [0.2, 0.25) is 5.91 Å². The molecule has 2 aliphatic rings. The molecule has 3 rings (SSSR count). The summed E-state index contributed by atoms with van der Waals surface area (Å²) in [5.74, 6) is 2.24. The lowest BCUT2D eigenvalue weighted by Crippen LogP contribution is -2.32. The Morgan fingerprint density at radius 2 is 2.19 bits per heavy atom. The van der Waals surface area contributed by atoms with Crippen LogP contribution in [0.15, 0.2) is 12.4 Å². The molecule has 1 aromatic rings. The predicted molar refractivity (Wildman–Crippen MR) is 57.4 cm³/mol. The normalized spacial score (nSPS) is 31.1. The highest BCUT2D eigenvalue weighted by atomic mass is 16.1. The molecule has 1 N–H and O–H groups in total. The van der Waals surface area contributed by atoms with Crippen molar-refractivity contribution in [3.8, 4) is 0 Å². The molecule has 0 bridgehead atoms. The first kappa shape index (κ1) is 9.81. The Bertz CT molecular complexity index is 365. The highest BCUT2D eigenvalue weighted by Crippen LogP contribution is 2.54. The number of carbonyl (C=O) groups excluding carboxylic acids is 1. The second-order valence-electron chi connectivity index (χ2n) is 4.88. The van der Waals surface area contributed by atoms with E-state index in [0.717, 1.165) is 24.7 Å². The molecular formula is C11H16N4O. The van der Waals surface area contributed by atoms with Crippen molar-refractivity contribution in [2.75, 3.05) is 6.54 Å². The van der Waals surface area contributed by atoms with E-state index in [9.17, 15) is 4.79 Å². The van der Waals surface area contributed by atoms with Gasteiger partial charge in [0.15, 0.2) is 0 Å². The third-order valence-corrected chi connectivity index (χ3v) is 3.73. The minimum absolute atomic E-state index is 0.229. The van der Waals surface area contributed by atoms with Crippen molar-refractivity contribution >= 4 is 5.91 Å². The van der Waals surface area contributed by atoms with E-state index in [1.165, 1.54) is 6.42 Å². The van der Waals surface area contributed by atoms with Gasteiger partial charge in [0.25, 0.3) is 0 Å². The molecule has 2 atom stereocenters. The third-order valence-electron chi connectivity index (χ3n) is 3.73. The predicted octanol–water partition coefficient (Wildman–Crippen LogP) is 0.440. The zero-order valence-corrected chi connectivity index (χ0v) is 9.17. The third kappa shape index (κ3) is 1.94. The van der Waals surface area contributed by atoms with Gasteiger partial charge >= 0.3 is 0 Å². The average Bonchev–Trinajstić information content (AvgIpc) is 2.72. The van der Waals surface area contributed by atoms with Gasteiger partial charge in [0, 0.05) is 18.7 Å². The van der Waals surface area contributed by atoms with Gasteiger partial charge < -0.3 is 5.32 Å². The lowest BCUT2D eigenvalue weighted by atomic mass is 10.0. The number of fused-ring (bicyclic) bond motifs is 1. The standard InChI is InChI=1S/C11H16N4O/c16-11(10-6-8-5-9(8)7-10)12-1-3-15-4-2-13-14-15/h2,4,8-10H,1,3,5-7H2,(H,12,16). The van der Waals surface area contributed by atoms with E-state index in [2.05, 4.69) is 15.6 Å². The molecular weight excluding hydrogens is 204 g/mol. The van der Waals surface area contributed by atoms with Crippen LogP contribution in [0.2, 0.25) is 0 Å². The Balaban J connectivity index is 1.40. The number of nitrogens with zero attached hydrogens (tertiary/aromatic N) is 3. The fraction of sp³-hybridized carbons (Fsp3) is 0.727. The van der Waals surface area contributed by atoms with Crippen LogP contribution in [-0.4, -0.2) is 27.4 Å². The van der Waals surface area contributed by atoms with Crippen molar-refractivity contribution in [1.29, 1.82) is 0 Å². The highest BCUT2D eigenvalue weighted by Gasteiger charge is 2.47. The Hall–Kier alpha value is -1.39. The molecule has 2 unspecified atom stereocenters. The molecule has 16 heavy (non-hydrogen) atoms. The Labute approximate surface area is 94.2 Å². The summed E-state index contributed by atoms with van der Waals surface area (Å²) in [6.07, 6.45) is 7.03. The van der Waals surface area contributed by atoms with Gasteiger partial charge in [-0.25, -0.2) is 0 Å². The van der Waals surface area contributed by atoms with Crippen LogP contribution in [-0.2, 0) is 11.3 Å². The molecule has 0 saturated heterocycles. The van der Waals surface area contributed by atoms with Gasteiger partial charge in [-0.3, -0.25) is 9.48 Å². The molecule has 0 radical (unpaired) electrons. The van der Waals surface area contributed by atoms with E-state index in [1.807, 2.05) is 0 Å². The first-order chi connectivity index (χ1) is 7.83. The van der Waals surface area contributed by atoms with E-state index < -0.39 is 0 Å².